The lowest BCUT2D eigenvalue weighted by Crippen LogP contribution is -2.35. The highest BCUT2D eigenvalue weighted by molar-refractivity contribution is 6.31. The van der Waals surface area contributed by atoms with E-state index in [0.29, 0.717) is 13.1 Å². The van der Waals surface area contributed by atoms with Gasteiger partial charge in [0.1, 0.15) is 0 Å². The minimum Gasteiger partial charge on any atom is -0.306 e. The third-order valence-electron chi connectivity index (χ3n) is 2.68. The normalized spacial score (nSPS) is 11.8. The van der Waals surface area contributed by atoms with Crippen LogP contribution in [0.25, 0.3) is 0 Å². The van der Waals surface area contributed by atoms with Crippen molar-refractivity contribution >= 4 is 11.6 Å². The zero-order valence-electron chi connectivity index (χ0n) is 11.5. The molecule has 0 amide bonds. The van der Waals surface area contributed by atoms with Crippen molar-refractivity contribution in [2.75, 3.05) is 0 Å². The molecular weight excluding hydrogens is 260 g/mol. The molecule has 19 heavy (non-hydrogen) atoms. The molecule has 1 N–H and O–H groups in total. The van der Waals surface area contributed by atoms with E-state index >= 15 is 0 Å². The van der Waals surface area contributed by atoms with Crippen LogP contribution in [0.1, 0.15) is 32.0 Å². The van der Waals surface area contributed by atoms with Gasteiger partial charge in [-0.2, -0.15) is 0 Å². The number of aromatic nitrogens is 3. The van der Waals surface area contributed by atoms with Gasteiger partial charge < -0.3 is 5.32 Å². The Bertz CT molecular complexity index is 542. The van der Waals surface area contributed by atoms with Crippen LogP contribution in [0.2, 0.25) is 5.02 Å². The van der Waals surface area contributed by atoms with Crippen LogP contribution in [-0.4, -0.2) is 20.5 Å². The molecule has 1 heterocycles. The van der Waals surface area contributed by atoms with Crippen LogP contribution in [0.5, 0.6) is 0 Å². The van der Waals surface area contributed by atoms with Gasteiger partial charge in [-0.25, -0.2) is 4.68 Å². The summed E-state index contributed by atoms with van der Waals surface area (Å²) in [4.78, 5) is 0. The second kappa shape index (κ2) is 5.72. The predicted molar refractivity (Wildman–Crippen MR) is 77.2 cm³/mol. The van der Waals surface area contributed by atoms with Crippen LogP contribution < -0.4 is 5.32 Å². The van der Waals surface area contributed by atoms with Crippen molar-refractivity contribution < 1.29 is 0 Å². The first-order valence-corrected chi connectivity index (χ1v) is 6.69. The first kappa shape index (κ1) is 14.0. The van der Waals surface area contributed by atoms with Gasteiger partial charge in [0.25, 0.3) is 0 Å². The summed E-state index contributed by atoms with van der Waals surface area (Å²) in [7, 11) is 0. The van der Waals surface area contributed by atoms with Crippen molar-refractivity contribution in [3.8, 4) is 0 Å². The molecule has 0 saturated heterocycles. The van der Waals surface area contributed by atoms with E-state index in [9.17, 15) is 0 Å². The molecular formula is C14H19ClN4. The molecule has 0 aliphatic rings. The molecule has 5 heteroatoms. The minimum atomic E-state index is 0.0759. The zero-order chi connectivity index (χ0) is 13.9. The predicted octanol–water partition coefficient (Wildman–Crippen LogP) is 2.87. The lowest BCUT2D eigenvalue weighted by atomic mass is 10.1. The largest absolute Gasteiger partial charge is 0.306 e. The summed E-state index contributed by atoms with van der Waals surface area (Å²) in [6.07, 6.45) is 1.95. The summed E-state index contributed by atoms with van der Waals surface area (Å²) >= 11 is 6.13. The Morgan fingerprint density at radius 2 is 2.00 bits per heavy atom. The van der Waals surface area contributed by atoms with E-state index in [0.717, 1.165) is 16.3 Å². The van der Waals surface area contributed by atoms with Crippen molar-refractivity contribution in [3.63, 3.8) is 0 Å². The van der Waals surface area contributed by atoms with Crippen molar-refractivity contribution in [2.45, 2.75) is 39.4 Å². The second-order valence-electron chi connectivity index (χ2n) is 5.60. The summed E-state index contributed by atoms with van der Waals surface area (Å²) in [5.41, 5.74) is 2.05. The van der Waals surface area contributed by atoms with E-state index in [-0.39, 0.29) is 5.54 Å². The van der Waals surface area contributed by atoms with E-state index in [1.807, 2.05) is 30.5 Å². The molecule has 1 aromatic heterocycles. The van der Waals surface area contributed by atoms with Gasteiger partial charge in [-0.3, -0.25) is 0 Å². The van der Waals surface area contributed by atoms with Gasteiger partial charge >= 0.3 is 0 Å². The van der Waals surface area contributed by atoms with Crippen LogP contribution in [0.15, 0.2) is 30.5 Å². The molecule has 0 aliphatic carbocycles. The first-order valence-electron chi connectivity index (χ1n) is 6.31. The number of hydrogen-bond acceptors (Lipinski definition) is 3. The fraction of sp³-hybridized carbons (Fsp3) is 0.429. The van der Waals surface area contributed by atoms with E-state index in [2.05, 4.69) is 36.4 Å². The summed E-state index contributed by atoms with van der Waals surface area (Å²) in [6, 6.07) is 7.78. The lowest BCUT2D eigenvalue weighted by Gasteiger charge is -2.19. The molecule has 1 aromatic carbocycles. The van der Waals surface area contributed by atoms with Crippen molar-refractivity contribution in [1.82, 2.24) is 20.3 Å². The Kier molecular flexibility index (Phi) is 4.22. The average molecular weight is 279 g/mol. The average Bonchev–Trinajstić information content (AvgIpc) is 2.77. The topological polar surface area (TPSA) is 42.7 Å². The fourth-order valence-corrected chi connectivity index (χ4v) is 1.85. The number of hydrogen-bond donors (Lipinski definition) is 1. The highest BCUT2D eigenvalue weighted by atomic mass is 35.5. The van der Waals surface area contributed by atoms with Crippen LogP contribution in [0.3, 0.4) is 0 Å². The van der Waals surface area contributed by atoms with Gasteiger partial charge in [-0.05, 0) is 32.4 Å². The number of nitrogens with one attached hydrogen (secondary N) is 1. The van der Waals surface area contributed by atoms with Gasteiger partial charge in [-0.15, -0.1) is 5.10 Å². The van der Waals surface area contributed by atoms with Gasteiger partial charge in [0.15, 0.2) is 0 Å². The maximum atomic E-state index is 6.13. The highest BCUT2D eigenvalue weighted by Gasteiger charge is 2.10. The van der Waals surface area contributed by atoms with Gasteiger partial charge in [0.2, 0.25) is 0 Å². The van der Waals surface area contributed by atoms with Crippen molar-refractivity contribution in [3.05, 3.63) is 46.7 Å². The summed E-state index contributed by atoms with van der Waals surface area (Å²) < 4.78 is 1.81. The van der Waals surface area contributed by atoms with Crippen LogP contribution in [0.4, 0.5) is 0 Å². The fourth-order valence-electron chi connectivity index (χ4n) is 1.65. The Labute approximate surface area is 118 Å². The molecule has 0 radical (unpaired) electrons. The summed E-state index contributed by atoms with van der Waals surface area (Å²) in [5, 5.41) is 12.4. The molecule has 0 atom stereocenters. The van der Waals surface area contributed by atoms with E-state index in [1.54, 1.807) is 4.68 Å². The highest BCUT2D eigenvalue weighted by Crippen LogP contribution is 2.15. The Balaban J connectivity index is 2.00. The molecule has 0 saturated carbocycles. The van der Waals surface area contributed by atoms with Crippen LogP contribution in [-0.2, 0) is 13.1 Å². The molecule has 0 fully saturated rings. The molecule has 0 bridgehead atoms. The van der Waals surface area contributed by atoms with Crippen molar-refractivity contribution in [2.24, 2.45) is 0 Å². The maximum Gasteiger partial charge on any atom is 0.0965 e. The molecule has 4 nitrogen and oxygen atoms in total. The third-order valence-corrected chi connectivity index (χ3v) is 3.04. The Morgan fingerprint density at radius 1 is 1.26 bits per heavy atom. The number of benzene rings is 1. The maximum absolute atomic E-state index is 6.13. The van der Waals surface area contributed by atoms with Crippen LogP contribution >= 0.6 is 11.6 Å². The quantitative estimate of drug-likeness (QED) is 0.935. The smallest absolute Gasteiger partial charge is 0.0965 e. The minimum absolute atomic E-state index is 0.0759. The lowest BCUT2D eigenvalue weighted by molar-refractivity contribution is 0.421. The molecule has 0 spiro atoms. The molecule has 2 aromatic rings. The summed E-state index contributed by atoms with van der Waals surface area (Å²) in [6.45, 7) is 7.73. The second-order valence-corrected chi connectivity index (χ2v) is 6.01. The Morgan fingerprint density at radius 3 is 2.68 bits per heavy atom. The van der Waals surface area contributed by atoms with E-state index < -0.39 is 0 Å². The van der Waals surface area contributed by atoms with Crippen molar-refractivity contribution in [1.29, 1.82) is 0 Å². The number of nitrogens with zero attached hydrogens (tertiary/aromatic N) is 3. The number of halogens is 1. The first-order chi connectivity index (χ1) is 8.94. The number of rotatable bonds is 4. The molecule has 102 valence electrons. The monoisotopic (exact) mass is 278 g/mol. The van der Waals surface area contributed by atoms with Gasteiger partial charge in [0, 0.05) is 17.1 Å². The SMILES string of the molecule is CC(C)(C)NCc1cn(Cc2ccccc2Cl)nn1. The molecule has 0 unspecified atom stereocenters. The molecule has 2 rings (SSSR count). The van der Waals surface area contributed by atoms with Gasteiger partial charge in [0.05, 0.1) is 18.4 Å². The molecule has 0 aliphatic heterocycles. The Hall–Kier alpha value is -1.39. The van der Waals surface area contributed by atoms with E-state index in [4.69, 9.17) is 11.6 Å². The summed E-state index contributed by atoms with van der Waals surface area (Å²) in [5.74, 6) is 0. The van der Waals surface area contributed by atoms with Gasteiger partial charge in [-0.1, -0.05) is 35.0 Å². The van der Waals surface area contributed by atoms with Crippen LogP contribution in [0, 0.1) is 0 Å². The third kappa shape index (κ3) is 4.33. The standard InChI is InChI=1S/C14H19ClN4/c1-14(2,3)16-8-12-10-19(18-17-12)9-11-6-4-5-7-13(11)15/h4-7,10,16H,8-9H2,1-3H3. The van der Waals surface area contributed by atoms with E-state index in [1.165, 1.54) is 0 Å². The zero-order valence-corrected chi connectivity index (χ0v) is 12.3.